The van der Waals surface area contributed by atoms with Gasteiger partial charge in [-0.05, 0) is 13.0 Å². The van der Waals surface area contributed by atoms with Crippen LogP contribution < -0.4 is 11.1 Å². The fourth-order valence-corrected chi connectivity index (χ4v) is 0.728. The molecule has 0 spiro atoms. The van der Waals surface area contributed by atoms with Gasteiger partial charge in [0.05, 0.1) is 0 Å². The second-order valence-corrected chi connectivity index (χ2v) is 2.57. The van der Waals surface area contributed by atoms with Crippen LogP contribution in [-0.4, -0.2) is 28.1 Å². The third kappa shape index (κ3) is 2.29. The van der Waals surface area contributed by atoms with Crippen LogP contribution in [-0.2, 0) is 4.79 Å². The Morgan fingerprint density at radius 3 is 2.85 bits per heavy atom. The van der Waals surface area contributed by atoms with Crippen LogP contribution in [0.15, 0.2) is 12.3 Å². The molecule has 70 valence electrons. The molecule has 1 atom stereocenters. The summed E-state index contributed by atoms with van der Waals surface area (Å²) in [4.78, 5) is 21.8. The highest BCUT2D eigenvalue weighted by Crippen LogP contribution is 1.92. The van der Waals surface area contributed by atoms with Crippen LogP contribution in [0.3, 0.4) is 0 Å². The van der Waals surface area contributed by atoms with E-state index < -0.39 is 17.9 Å². The van der Waals surface area contributed by atoms with E-state index in [1.807, 2.05) is 0 Å². The molecule has 6 nitrogen and oxygen atoms in total. The van der Waals surface area contributed by atoms with Crippen LogP contribution in [0, 0.1) is 0 Å². The van der Waals surface area contributed by atoms with Gasteiger partial charge in [-0.25, -0.2) is 0 Å². The molecule has 0 bridgehead atoms. The zero-order chi connectivity index (χ0) is 9.84. The zero-order valence-corrected chi connectivity index (χ0v) is 7.07. The zero-order valence-electron chi connectivity index (χ0n) is 7.07. The monoisotopic (exact) mass is 182 g/mol. The fraction of sp³-hybridized carbons (Fsp3) is 0.286. The fourth-order valence-electron chi connectivity index (χ4n) is 0.728. The summed E-state index contributed by atoms with van der Waals surface area (Å²) in [6.07, 6.45) is 1.45. The standard InChI is InChI=1S/C7H10N4O2/c1-4(6(8)12)10-7(13)5-2-3-9-11-5/h2-4H,1H3,(H2,8,12)(H,9,11)(H,10,13)/t4-/m1/s1. The molecule has 4 N–H and O–H groups in total. The van der Waals surface area contributed by atoms with E-state index in [1.54, 1.807) is 0 Å². The predicted octanol–water partition coefficient (Wildman–Crippen LogP) is -0.987. The minimum atomic E-state index is -0.684. The summed E-state index contributed by atoms with van der Waals surface area (Å²) in [7, 11) is 0. The van der Waals surface area contributed by atoms with Gasteiger partial charge in [-0.2, -0.15) is 5.10 Å². The van der Waals surface area contributed by atoms with E-state index >= 15 is 0 Å². The lowest BCUT2D eigenvalue weighted by atomic mass is 10.3. The highest BCUT2D eigenvalue weighted by Gasteiger charge is 2.13. The van der Waals surface area contributed by atoms with Gasteiger partial charge in [0.1, 0.15) is 11.7 Å². The Balaban J connectivity index is 2.56. The van der Waals surface area contributed by atoms with Gasteiger partial charge in [0.2, 0.25) is 5.91 Å². The molecular weight excluding hydrogens is 172 g/mol. The Morgan fingerprint density at radius 1 is 1.69 bits per heavy atom. The van der Waals surface area contributed by atoms with Gasteiger partial charge in [-0.15, -0.1) is 0 Å². The van der Waals surface area contributed by atoms with Crippen molar-refractivity contribution in [3.63, 3.8) is 0 Å². The molecule has 1 aromatic rings. The van der Waals surface area contributed by atoms with Crippen LogP contribution in [0.5, 0.6) is 0 Å². The van der Waals surface area contributed by atoms with Crippen molar-refractivity contribution in [1.82, 2.24) is 15.5 Å². The molecule has 0 saturated carbocycles. The molecule has 1 rings (SSSR count). The summed E-state index contributed by atoms with van der Waals surface area (Å²) in [6, 6.07) is 0.819. The average Bonchev–Trinajstić information content (AvgIpc) is 2.55. The lowest BCUT2D eigenvalue weighted by Crippen LogP contribution is -2.42. The van der Waals surface area contributed by atoms with E-state index in [0.717, 1.165) is 0 Å². The highest BCUT2D eigenvalue weighted by molar-refractivity contribution is 5.95. The summed E-state index contributed by atoms with van der Waals surface area (Å²) < 4.78 is 0. The van der Waals surface area contributed by atoms with Crippen molar-refractivity contribution in [2.24, 2.45) is 5.73 Å². The van der Waals surface area contributed by atoms with Crippen LogP contribution in [0.25, 0.3) is 0 Å². The number of rotatable bonds is 3. The molecule has 0 aliphatic heterocycles. The number of H-pyrrole nitrogens is 1. The summed E-state index contributed by atoms with van der Waals surface area (Å²) in [5.74, 6) is -0.975. The molecule has 0 saturated heterocycles. The van der Waals surface area contributed by atoms with Crippen LogP contribution in [0.2, 0.25) is 0 Å². The van der Waals surface area contributed by atoms with E-state index in [9.17, 15) is 9.59 Å². The number of nitrogens with one attached hydrogen (secondary N) is 2. The number of hydrogen-bond donors (Lipinski definition) is 3. The van der Waals surface area contributed by atoms with E-state index in [4.69, 9.17) is 5.73 Å². The number of primary amides is 1. The number of hydrogen-bond acceptors (Lipinski definition) is 3. The molecule has 0 aromatic carbocycles. The number of aromatic amines is 1. The minimum absolute atomic E-state index is 0.299. The second kappa shape index (κ2) is 3.70. The minimum Gasteiger partial charge on any atom is -0.368 e. The van der Waals surface area contributed by atoms with Crippen LogP contribution in [0.1, 0.15) is 17.4 Å². The molecule has 0 aliphatic carbocycles. The number of carbonyl (C=O) groups excluding carboxylic acids is 2. The van der Waals surface area contributed by atoms with Crippen molar-refractivity contribution in [2.75, 3.05) is 0 Å². The molecule has 0 unspecified atom stereocenters. The third-order valence-electron chi connectivity index (χ3n) is 1.52. The van der Waals surface area contributed by atoms with Gasteiger partial charge >= 0.3 is 0 Å². The molecule has 1 aromatic heterocycles. The van der Waals surface area contributed by atoms with E-state index in [-0.39, 0.29) is 0 Å². The molecule has 1 heterocycles. The van der Waals surface area contributed by atoms with E-state index in [2.05, 4.69) is 15.5 Å². The van der Waals surface area contributed by atoms with Crippen LogP contribution in [0.4, 0.5) is 0 Å². The summed E-state index contributed by atoms with van der Waals surface area (Å²) in [5.41, 5.74) is 5.26. The number of aromatic nitrogens is 2. The maximum atomic E-state index is 11.2. The molecular formula is C7H10N4O2. The quantitative estimate of drug-likeness (QED) is 0.559. The van der Waals surface area contributed by atoms with Gasteiger partial charge in [0.25, 0.3) is 5.91 Å². The predicted molar refractivity (Wildman–Crippen MR) is 44.7 cm³/mol. The maximum Gasteiger partial charge on any atom is 0.269 e. The van der Waals surface area contributed by atoms with E-state index in [1.165, 1.54) is 19.2 Å². The second-order valence-electron chi connectivity index (χ2n) is 2.57. The summed E-state index contributed by atoms with van der Waals surface area (Å²) in [6.45, 7) is 1.51. The molecule has 0 aliphatic rings. The smallest absolute Gasteiger partial charge is 0.269 e. The lowest BCUT2D eigenvalue weighted by Gasteiger charge is -2.07. The average molecular weight is 182 g/mol. The van der Waals surface area contributed by atoms with Crippen molar-refractivity contribution in [3.05, 3.63) is 18.0 Å². The van der Waals surface area contributed by atoms with Crippen molar-refractivity contribution in [3.8, 4) is 0 Å². The topological polar surface area (TPSA) is 101 Å². The Morgan fingerprint density at radius 2 is 2.38 bits per heavy atom. The Kier molecular flexibility index (Phi) is 2.63. The molecule has 0 fully saturated rings. The number of amides is 2. The largest absolute Gasteiger partial charge is 0.368 e. The Labute approximate surface area is 74.5 Å². The first-order valence-electron chi connectivity index (χ1n) is 3.71. The van der Waals surface area contributed by atoms with Crippen molar-refractivity contribution >= 4 is 11.8 Å². The number of nitrogens with zero attached hydrogens (tertiary/aromatic N) is 1. The van der Waals surface area contributed by atoms with Gasteiger partial charge in [0.15, 0.2) is 0 Å². The van der Waals surface area contributed by atoms with Crippen LogP contribution >= 0.6 is 0 Å². The van der Waals surface area contributed by atoms with Gasteiger partial charge in [0, 0.05) is 6.20 Å². The molecule has 13 heavy (non-hydrogen) atoms. The Hall–Kier alpha value is -1.85. The van der Waals surface area contributed by atoms with Gasteiger partial charge < -0.3 is 11.1 Å². The lowest BCUT2D eigenvalue weighted by molar-refractivity contribution is -0.119. The maximum absolute atomic E-state index is 11.2. The first-order valence-corrected chi connectivity index (χ1v) is 3.71. The van der Waals surface area contributed by atoms with Gasteiger partial charge in [-0.3, -0.25) is 14.7 Å². The van der Waals surface area contributed by atoms with Crippen molar-refractivity contribution < 1.29 is 9.59 Å². The highest BCUT2D eigenvalue weighted by atomic mass is 16.2. The van der Waals surface area contributed by atoms with E-state index in [0.29, 0.717) is 5.69 Å². The van der Waals surface area contributed by atoms with Crippen molar-refractivity contribution in [1.29, 1.82) is 0 Å². The number of carbonyl (C=O) groups is 2. The number of nitrogens with two attached hydrogens (primary N) is 1. The third-order valence-corrected chi connectivity index (χ3v) is 1.52. The molecule has 6 heteroatoms. The molecule has 2 amide bonds. The SMILES string of the molecule is C[C@@H](NC(=O)c1ccn[nH]1)C(N)=O. The van der Waals surface area contributed by atoms with Crippen molar-refractivity contribution in [2.45, 2.75) is 13.0 Å². The van der Waals surface area contributed by atoms with Gasteiger partial charge in [-0.1, -0.05) is 0 Å². The normalized spacial score (nSPS) is 12.1. The first kappa shape index (κ1) is 9.24. The Bertz CT molecular complexity index is 306. The summed E-state index contributed by atoms with van der Waals surface area (Å²) in [5, 5.41) is 8.46. The summed E-state index contributed by atoms with van der Waals surface area (Å²) >= 11 is 0. The molecule has 0 radical (unpaired) electrons. The first-order chi connectivity index (χ1) is 6.11.